The Balaban J connectivity index is 2.45. The molecule has 2 N–H and O–H groups in total. The zero-order valence-electron chi connectivity index (χ0n) is 6.35. The Hall–Kier alpha value is -0.220. The summed E-state index contributed by atoms with van der Waals surface area (Å²) in [6.07, 6.45) is 0.199. The summed E-state index contributed by atoms with van der Waals surface area (Å²) in [5, 5.41) is 0. The first-order chi connectivity index (χ1) is 5.17. The zero-order valence-corrected chi connectivity index (χ0v) is 6.35. The van der Waals surface area contributed by atoms with E-state index in [1.807, 2.05) is 0 Å². The van der Waals surface area contributed by atoms with Gasteiger partial charge in [-0.25, -0.2) is 8.78 Å². The summed E-state index contributed by atoms with van der Waals surface area (Å²) in [4.78, 5) is 0. The fourth-order valence-corrected chi connectivity index (χ4v) is 1.26. The first kappa shape index (κ1) is 8.87. The Morgan fingerprint density at radius 2 is 2.27 bits per heavy atom. The van der Waals surface area contributed by atoms with Gasteiger partial charge in [0.25, 0.3) is 5.92 Å². The third-order valence-electron chi connectivity index (χ3n) is 2.01. The summed E-state index contributed by atoms with van der Waals surface area (Å²) in [6.45, 7) is 0.641. The summed E-state index contributed by atoms with van der Waals surface area (Å²) >= 11 is 0. The molecule has 0 spiro atoms. The molecule has 0 aromatic heterocycles. The van der Waals surface area contributed by atoms with Gasteiger partial charge in [0.2, 0.25) is 0 Å². The van der Waals surface area contributed by atoms with E-state index in [1.54, 1.807) is 0 Å². The van der Waals surface area contributed by atoms with Crippen LogP contribution in [0, 0.1) is 5.92 Å². The second kappa shape index (κ2) is 3.45. The van der Waals surface area contributed by atoms with E-state index < -0.39 is 11.8 Å². The molecule has 1 aliphatic rings. The monoisotopic (exact) mass is 165 g/mol. The molecule has 1 atom stereocenters. The lowest BCUT2D eigenvalue weighted by atomic mass is 9.94. The van der Waals surface area contributed by atoms with Crippen molar-refractivity contribution in [2.45, 2.75) is 18.8 Å². The number of alkyl halides is 2. The van der Waals surface area contributed by atoms with Crippen molar-refractivity contribution in [1.82, 2.24) is 0 Å². The first-order valence-corrected chi connectivity index (χ1v) is 3.82. The second-order valence-corrected chi connectivity index (χ2v) is 2.86. The van der Waals surface area contributed by atoms with Gasteiger partial charge in [0, 0.05) is 12.3 Å². The summed E-state index contributed by atoms with van der Waals surface area (Å²) < 4.78 is 30.8. The molecule has 1 rings (SSSR count). The fraction of sp³-hybridized carbons (Fsp3) is 1.00. The van der Waals surface area contributed by atoms with Crippen molar-refractivity contribution in [3.63, 3.8) is 0 Å². The van der Waals surface area contributed by atoms with E-state index in [2.05, 4.69) is 0 Å². The minimum atomic E-state index is -2.56. The maximum atomic E-state index is 12.9. The molecule has 0 saturated carbocycles. The van der Waals surface area contributed by atoms with Crippen LogP contribution >= 0.6 is 0 Å². The number of hydrogen-bond donors (Lipinski definition) is 1. The number of rotatable bonds is 2. The minimum Gasteiger partial charge on any atom is -0.381 e. The van der Waals surface area contributed by atoms with Crippen molar-refractivity contribution in [2.75, 3.05) is 19.8 Å². The maximum absolute atomic E-state index is 12.9. The first-order valence-electron chi connectivity index (χ1n) is 3.82. The molecule has 0 bridgehead atoms. The van der Waals surface area contributed by atoms with E-state index in [9.17, 15) is 8.78 Å². The van der Waals surface area contributed by atoms with Gasteiger partial charge in [-0.3, -0.25) is 0 Å². The minimum absolute atomic E-state index is 0.155. The lowest BCUT2D eigenvalue weighted by Gasteiger charge is -2.30. The molecule has 1 fully saturated rings. The van der Waals surface area contributed by atoms with Crippen LogP contribution in [0.5, 0.6) is 0 Å². The Morgan fingerprint density at radius 1 is 1.55 bits per heavy atom. The van der Waals surface area contributed by atoms with Gasteiger partial charge >= 0.3 is 0 Å². The van der Waals surface area contributed by atoms with E-state index >= 15 is 0 Å². The highest BCUT2D eigenvalue weighted by Gasteiger charge is 2.41. The second-order valence-electron chi connectivity index (χ2n) is 2.86. The topological polar surface area (TPSA) is 35.2 Å². The standard InChI is InChI=1S/C7H13F2NO/c8-7(9)2-4-11-5-6(7)1-3-10/h6H,1-5,10H2. The zero-order chi connectivity index (χ0) is 8.32. The Bertz CT molecular complexity index is 128. The van der Waals surface area contributed by atoms with Crippen LogP contribution in [0.1, 0.15) is 12.8 Å². The fourth-order valence-electron chi connectivity index (χ4n) is 1.26. The van der Waals surface area contributed by atoms with Crippen molar-refractivity contribution in [2.24, 2.45) is 11.7 Å². The van der Waals surface area contributed by atoms with Gasteiger partial charge in [0.1, 0.15) is 0 Å². The summed E-state index contributed by atoms with van der Waals surface area (Å²) in [6, 6.07) is 0. The van der Waals surface area contributed by atoms with Crippen molar-refractivity contribution >= 4 is 0 Å². The van der Waals surface area contributed by atoms with E-state index in [-0.39, 0.29) is 19.6 Å². The Kier molecular flexibility index (Phi) is 2.78. The normalized spacial score (nSPS) is 30.3. The van der Waals surface area contributed by atoms with Gasteiger partial charge in [-0.1, -0.05) is 0 Å². The van der Waals surface area contributed by atoms with Crippen molar-refractivity contribution in [1.29, 1.82) is 0 Å². The number of halogens is 2. The van der Waals surface area contributed by atoms with Gasteiger partial charge in [-0.15, -0.1) is 0 Å². The van der Waals surface area contributed by atoms with Gasteiger partial charge in [0.05, 0.1) is 13.2 Å². The molecule has 11 heavy (non-hydrogen) atoms. The molecule has 0 amide bonds. The van der Waals surface area contributed by atoms with E-state index in [0.29, 0.717) is 13.0 Å². The summed E-state index contributed by atoms with van der Waals surface area (Å²) in [7, 11) is 0. The van der Waals surface area contributed by atoms with Gasteiger partial charge < -0.3 is 10.5 Å². The molecular formula is C7H13F2NO. The molecule has 1 unspecified atom stereocenters. The molecule has 0 aromatic carbocycles. The molecule has 66 valence electrons. The van der Waals surface area contributed by atoms with E-state index in [1.165, 1.54) is 0 Å². The van der Waals surface area contributed by atoms with Crippen molar-refractivity contribution in [3.8, 4) is 0 Å². The van der Waals surface area contributed by atoms with Gasteiger partial charge in [0.15, 0.2) is 0 Å². The number of hydrogen-bond acceptors (Lipinski definition) is 2. The SMILES string of the molecule is NCCC1COCCC1(F)F. The van der Waals surface area contributed by atoms with E-state index in [4.69, 9.17) is 10.5 Å². The Morgan fingerprint density at radius 3 is 2.82 bits per heavy atom. The quantitative estimate of drug-likeness (QED) is 0.662. The van der Waals surface area contributed by atoms with Crippen LogP contribution in [0.25, 0.3) is 0 Å². The largest absolute Gasteiger partial charge is 0.381 e. The molecular weight excluding hydrogens is 152 g/mol. The van der Waals surface area contributed by atoms with Crippen molar-refractivity contribution in [3.05, 3.63) is 0 Å². The third kappa shape index (κ3) is 2.10. The Labute approximate surface area is 64.7 Å². The number of nitrogens with two attached hydrogens (primary N) is 1. The molecule has 1 saturated heterocycles. The van der Waals surface area contributed by atoms with Crippen LogP contribution in [0.15, 0.2) is 0 Å². The highest BCUT2D eigenvalue weighted by molar-refractivity contribution is 4.80. The summed E-state index contributed by atoms with van der Waals surface area (Å²) in [5.74, 6) is -3.22. The predicted octanol–water partition coefficient (Wildman–Crippen LogP) is 1.01. The van der Waals surface area contributed by atoms with Crippen LogP contribution < -0.4 is 5.73 Å². The third-order valence-corrected chi connectivity index (χ3v) is 2.01. The van der Waals surface area contributed by atoms with Crippen LogP contribution in [-0.4, -0.2) is 25.7 Å². The molecule has 4 heteroatoms. The lowest BCUT2D eigenvalue weighted by Crippen LogP contribution is -2.39. The smallest absolute Gasteiger partial charge is 0.255 e. The van der Waals surface area contributed by atoms with Crippen molar-refractivity contribution < 1.29 is 13.5 Å². The predicted molar refractivity (Wildman–Crippen MR) is 37.5 cm³/mol. The molecule has 2 nitrogen and oxygen atoms in total. The maximum Gasteiger partial charge on any atom is 0.255 e. The van der Waals surface area contributed by atoms with Gasteiger partial charge in [-0.05, 0) is 13.0 Å². The molecule has 1 aliphatic heterocycles. The van der Waals surface area contributed by atoms with Crippen LogP contribution in [0.2, 0.25) is 0 Å². The molecule has 1 heterocycles. The van der Waals surface area contributed by atoms with Crippen LogP contribution in [0.4, 0.5) is 8.78 Å². The molecule has 0 radical (unpaired) electrons. The summed E-state index contributed by atoms with van der Waals surface area (Å²) in [5.41, 5.74) is 5.19. The van der Waals surface area contributed by atoms with E-state index in [0.717, 1.165) is 0 Å². The molecule has 0 aromatic rings. The lowest BCUT2D eigenvalue weighted by molar-refractivity contribution is -0.142. The average Bonchev–Trinajstić information content (AvgIpc) is 1.94. The molecule has 0 aliphatic carbocycles. The van der Waals surface area contributed by atoms with Gasteiger partial charge in [-0.2, -0.15) is 0 Å². The average molecular weight is 165 g/mol. The highest BCUT2D eigenvalue weighted by atomic mass is 19.3. The van der Waals surface area contributed by atoms with Crippen LogP contribution in [-0.2, 0) is 4.74 Å². The highest BCUT2D eigenvalue weighted by Crippen LogP contribution is 2.33. The number of ether oxygens (including phenoxy) is 1. The van der Waals surface area contributed by atoms with Crippen LogP contribution in [0.3, 0.4) is 0 Å².